The highest BCUT2D eigenvalue weighted by molar-refractivity contribution is 6.06. The van der Waals surface area contributed by atoms with Crippen molar-refractivity contribution >= 4 is 34.1 Å². The number of fused-ring (bicyclic) bond motifs is 1. The second-order valence-electron chi connectivity index (χ2n) is 8.50. The van der Waals surface area contributed by atoms with Crippen LogP contribution in [0.15, 0.2) is 30.5 Å². The Morgan fingerprint density at radius 3 is 2.50 bits per heavy atom. The summed E-state index contributed by atoms with van der Waals surface area (Å²) in [5.74, 6) is -0.544. The summed E-state index contributed by atoms with van der Waals surface area (Å²) in [5, 5.41) is 7.08. The Hall–Kier alpha value is -2.63. The minimum Gasteiger partial charge on any atom is -0.370 e. The molecule has 2 fully saturated rings. The van der Waals surface area contributed by atoms with Crippen LogP contribution >= 0.6 is 0 Å². The molecule has 1 aromatic carbocycles. The van der Waals surface area contributed by atoms with Crippen LogP contribution in [0.4, 0.5) is 11.4 Å². The maximum atomic E-state index is 13.2. The van der Waals surface area contributed by atoms with Gasteiger partial charge in [-0.2, -0.15) is 0 Å². The Labute approximate surface area is 178 Å². The molecule has 0 bridgehead atoms. The molecule has 160 valence electrons. The lowest BCUT2D eigenvalue weighted by Crippen LogP contribution is -2.41. The lowest BCUT2D eigenvalue weighted by Gasteiger charge is -2.30. The predicted molar refractivity (Wildman–Crippen MR) is 121 cm³/mol. The summed E-state index contributed by atoms with van der Waals surface area (Å²) in [4.78, 5) is 32.8. The summed E-state index contributed by atoms with van der Waals surface area (Å²) in [7, 11) is 0. The Morgan fingerprint density at radius 1 is 1.03 bits per heavy atom. The van der Waals surface area contributed by atoms with E-state index in [0.717, 1.165) is 67.5 Å². The van der Waals surface area contributed by atoms with Gasteiger partial charge in [-0.25, -0.2) is 0 Å². The molecule has 6 nitrogen and oxygen atoms in total. The van der Waals surface area contributed by atoms with Crippen LogP contribution in [0.3, 0.4) is 0 Å². The van der Waals surface area contributed by atoms with E-state index in [1.54, 1.807) is 0 Å². The van der Waals surface area contributed by atoms with E-state index in [2.05, 4.69) is 26.6 Å². The van der Waals surface area contributed by atoms with Crippen LogP contribution in [0, 0.1) is 11.8 Å². The fraction of sp³-hybridized carbons (Fsp3) is 0.542. The molecule has 1 aliphatic carbocycles. The number of hydrogen-bond donors (Lipinski definition) is 2. The molecule has 0 spiro atoms. The molecule has 2 aromatic rings. The molecule has 4 rings (SSSR count). The Balaban J connectivity index is 1.56. The molecule has 2 N–H and O–H groups in total. The van der Waals surface area contributed by atoms with E-state index < -0.39 is 0 Å². The highest BCUT2D eigenvalue weighted by Gasteiger charge is 2.35. The number of nitrogens with zero attached hydrogens (tertiary/aromatic N) is 2. The number of carbonyl (C=O) groups excluding carboxylic acids is 2. The van der Waals surface area contributed by atoms with Gasteiger partial charge in [0.1, 0.15) is 0 Å². The SMILES string of the molecule is CCCNC(=O)[C@@H]1CCCC[C@@H]1C(=O)Nc1ccc(N2CCCC2)c2ncccc12. The first-order valence-corrected chi connectivity index (χ1v) is 11.4. The van der Waals surface area contributed by atoms with E-state index in [-0.39, 0.29) is 23.7 Å². The van der Waals surface area contributed by atoms with E-state index in [0.29, 0.717) is 6.54 Å². The van der Waals surface area contributed by atoms with Crippen LogP contribution in [0.5, 0.6) is 0 Å². The van der Waals surface area contributed by atoms with Gasteiger partial charge in [-0.05, 0) is 56.4 Å². The smallest absolute Gasteiger partial charge is 0.228 e. The van der Waals surface area contributed by atoms with Gasteiger partial charge >= 0.3 is 0 Å². The van der Waals surface area contributed by atoms with Gasteiger partial charge in [0.2, 0.25) is 11.8 Å². The van der Waals surface area contributed by atoms with E-state index in [9.17, 15) is 9.59 Å². The molecule has 0 unspecified atom stereocenters. The minimum atomic E-state index is -0.277. The quantitative estimate of drug-likeness (QED) is 0.754. The number of carbonyl (C=O) groups is 2. The predicted octanol–water partition coefficient (Wildman–Crippen LogP) is 4.11. The zero-order chi connectivity index (χ0) is 20.9. The van der Waals surface area contributed by atoms with Crippen molar-refractivity contribution in [3.63, 3.8) is 0 Å². The number of nitrogens with one attached hydrogen (secondary N) is 2. The van der Waals surface area contributed by atoms with Gasteiger partial charge in [-0.1, -0.05) is 19.8 Å². The summed E-state index contributed by atoms with van der Waals surface area (Å²) in [6.07, 6.45) is 8.66. The van der Waals surface area contributed by atoms with Gasteiger partial charge in [0, 0.05) is 43.1 Å². The highest BCUT2D eigenvalue weighted by atomic mass is 16.2. The van der Waals surface area contributed by atoms with Crippen molar-refractivity contribution in [2.24, 2.45) is 11.8 Å². The fourth-order valence-corrected chi connectivity index (χ4v) is 4.84. The number of hydrogen-bond acceptors (Lipinski definition) is 4. The van der Waals surface area contributed by atoms with E-state index in [1.807, 2.05) is 31.3 Å². The van der Waals surface area contributed by atoms with Gasteiger partial charge in [-0.3, -0.25) is 14.6 Å². The number of rotatable bonds is 6. The van der Waals surface area contributed by atoms with Crippen molar-refractivity contribution in [2.45, 2.75) is 51.9 Å². The van der Waals surface area contributed by atoms with Crippen LogP contribution < -0.4 is 15.5 Å². The summed E-state index contributed by atoms with van der Waals surface area (Å²) < 4.78 is 0. The van der Waals surface area contributed by atoms with E-state index in [4.69, 9.17) is 0 Å². The standard InChI is InChI=1S/C24H32N4O2/c1-2-13-26-23(29)17-8-3-4-9-18(17)24(30)27-20-11-12-21(28-15-5-6-16-28)22-19(20)10-7-14-25-22/h7,10-12,14,17-18H,2-6,8-9,13,15-16H2,1H3,(H,26,29)(H,27,30)/t17-,18+/m1/s1. The largest absolute Gasteiger partial charge is 0.370 e. The second kappa shape index (κ2) is 9.45. The molecule has 0 radical (unpaired) electrons. The average Bonchev–Trinajstić information content (AvgIpc) is 3.32. The van der Waals surface area contributed by atoms with Crippen LogP contribution in [0.2, 0.25) is 0 Å². The molecule has 2 amide bonds. The van der Waals surface area contributed by atoms with Crippen molar-refractivity contribution in [3.8, 4) is 0 Å². The normalized spacial score (nSPS) is 21.6. The van der Waals surface area contributed by atoms with Crippen LogP contribution in [0.25, 0.3) is 10.9 Å². The fourth-order valence-electron chi connectivity index (χ4n) is 4.84. The third-order valence-electron chi connectivity index (χ3n) is 6.44. The van der Waals surface area contributed by atoms with Crippen molar-refractivity contribution in [3.05, 3.63) is 30.5 Å². The van der Waals surface area contributed by atoms with Gasteiger partial charge in [0.25, 0.3) is 0 Å². The molecule has 2 aliphatic rings. The minimum absolute atomic E-state index is 0.0209. The number of amides is 2. The van der Waals surface area contributed by atoms with Crippen molar-refractivity contribution < 1.29 is 9.59 Å². The maximum Gasteiger partial charge on any atom is 0.228 e. The third-order valence-corrected chi connectivity index (χ3v) is 6.44. The number of anilines is 2. The number of pyridine rings is 1. The molecule has 30 heavy (non-hydrogen) atoms. The zero-order valence-electron chi connectivity index (χ0n) is 17.8. The van der Waals surface area contributed by atoms with Crippen molar-refractivity contribution in [1.29, 1.82) is 0 Å². The molecular formula is C24H32N4O2. The third kappa shape index (κ3) is 4.27. The summed E-state index contributed by atoms with van der Waals surface area (Å²) in [5.41, 5.74) is 2.85. The Kier molecular flexibility index (Phi) is 6.50. The van der Waals surface area contributed by atoms with Crippen LogP contribution in [0.1, 0.15) is 51.9 Å². The van der Waals surface area contributed by atoms with Gasteiger partial charge < -0.3 is 15.5 Å². The Bertz CT molecular complexity index is 907. The van der Waals surface area contributed by atoms with Crippen molar-refractivity contribution in [2.75, 3.05) is 29.9 Å². The molecular weight excluding hydrogens is 376 g/mol. The van der Waals surface area contributed by atoms with Gasteiger partial charge in [0.15, 0.2) is 0 Å². The highest BCUT2D eigenvalue weighted by Crippen LogP contribution is 2.35. The lowest BCUT2D eigenvalue weighted by molar-refractivity contribution is -0.134. The summed E-state index contributed by atoms with van der Waals surface area (Å²) in [6.45, 7) is 4.80. The maximum absolute atomic E-state index is 13.2. The number of benzene rings is 1. The first-order chi connectivity index (χ1) is 14.7. The van der Waals surface area contributed by atoms with Gasteiger partial charge in [0.05, 0.1) is 16.9 Å². The van der Waals surface area contributed by atoms with Crippen molar-refractivity contribution in [1.82, 2.24) is 10.3 Å². The average molecular weight is 409 g/mol. The second-order valence-corrected chi connectivity index (χ2v) is 8.50. The zero-order valence-corrected chi connectivity index (χ0v) is 17.8. The summed E-state index contributed by atoms with van der Waals surface area (Å²) in [6, 6.07) is 7.99. The van der Waals surface area contributed by atoms with Gasteiger partial charge in [-0.15, -0.1) is 0 Å². The number of aromatic nitrogens is 1. The molecule has 6 heteroatoms. The van der Waals surface area contributed by atoms with Crippen LogP contribution in [-0.2, 0) is 9.59 Å². The first-order valence-electron chi connectivity index (χ1n) is 11.4. The molecule has 1 saturated heterocycles. The summed E-state index contributed by atoms with van der Waals surface area (Å²) >= 11 is 0. The molecule has 1 saturated carbocycles. The van der Waals surface area contributed by atoms with E-state index >= 15 is 0 Å². The van der Waals surface area contributed by atoms with E-state index in [1.165, 1.54) is 12.8 Å². The van der Waals surface area contributed by atoms with Crippen LogP contribution in [-0.4, -0.2) is 36.4 Å². The topological polar surface area (TPSA) is 74.3 Å². The first kappa shape index (κ1) is 20.6. The molecule has 2 atom stereocenters. The molecule has 2 heterocycles. The lowest BCUT2D eigenvalue weighted by atomic mass is 9.78. The monoisotopic (exact) mass is 408 g/mol. The Morgan fingerprint density at radius 2 is 1.77 bits per heavy atom. The molecule has 1 aromatic heterocycles. The molecule has 1 aliphatic heterocycles.